The van der Waals surface area contributed by atoms with Crippen molar-refractivity contribution >= 4 is 17.7 Å². The van der Waals surface area contributed by atoms with E-state index in [1.165, 1.54) is 11.8 Å². The van der Waals surface area contributed by atoms with Gasteiger partial charge in [0.2, 0.25) is 11.1 Å². The third kappa shape index (κ3) is 3.12. The van der Waals surface area contributed by atoms with Gasteiger partial charge in [0.1, 0.15) is 0 Å². The van der Waals surface area contributed by atoms with E-state index in [2.05, 4.69) is 20.8 Å². The lowest BCUT2D eigenvalue weighted by Gasteiger charge is -2.23. The van der Waals surface area contributed by atoms with Crippen molar-refractivity contribution in [3.8, 4) is 0 Å². The highest BCUT2D eigenvalue weighted by atomic mass is 32.2. The molecule has 0 radical (unpaired) electrons. The van der Waals surface area contributed by atoms with Gasteiger partial charge in [0.05, 0.1) is 11.3 Å². The number of carbonyl (C=O) groups excluding carboxylic acids is 1. The van der Waals surface area contributed by atoms with Crippen molar-refractivity contribution in [3.63, 3.8) is 0 Å². The summed E-state index contributed by atoms with van der Waals surface area (Å²) in [6.07, 6.45) is 4.85. The highest BCUT2D eigenvalue weighted by Gasteiger charge is 2.27. The van der Waals surface area contributed by atoms with Gasteiger partial charge in [0, 0.05) is 19.8 Å². The minimum absolute atomic E-state index is 0.0814. The molecular formula is C12H19N5O2S. The van der Waals surface area contributed by atoms with Crippen LogP contribution in [-0.4, -0.2) is 51.1 Å². The summed E-state index contributed by atoms with van der Waals surface area (Å²) in [4.78, 5) is 12.0. The third-order valence-electron chi connectivity index (χ3n) is 3.73. The van der Waals surface area contributed by atoms with Crippen molar-refractivity contribution in [2.24, 2.45) is 0 Å². The lowest BCUT2D eigenvalue weighted by molar-refractivity contribution is -0.120. The fourth-order valence-corrected chi connectivity index (χ4v) is 3.68. The first-order valence-corrected chi connectivity index (χ1v) is 8.02. The van der Waals surface area contributed by atoms with Crippen LogP contribution < -0.4 is 5.32 Å². The Hall–Kier alpha value is -1.15. The topological polar surface area (TPSA) is 81.9 Å². The van der Waals surface area contributed by atoms with Crippen LogP contribution in [0.2, 0.25) is 0 Å². The minimum Gasteiger partial charge on any atom is -0.381 e. The summed E-state index contributed by atoms with van der Waals surface area (Å²) in [6, 6.07) is 0.287. The van der Waals surface area contributed by atoms with Gasteiger partial charge < -0.3 is 10.1 Å². The van der Waals surface area contributed by atoms with Crippen molar-refractivity contribution in [3.05, 3.63) is 0 Å². The molecule has 1 amide bonds. The first-order chi connectivity index (χ1) is 9.84. The molecular weight excluding hydrogens is 278 g/mol. The van der Waals surface area contributed by atoms with Gasteiger partial charge in [-0.1, -0.05) is 18.2 Å². The van der Waals surface area contributed by atoms with Gasteiger partial charge in [-0.2, -0.15) is 0 Å². The molecule has 1 N–H and O–H groups in total. The van der Waals surface area contributed by atoms with Gasteiger partial charge in [-0.15, -0.1) is 5.10 Å². The summed E-state index contributed by atoms with van der Waals surface area (Å²) < 4.78 is 7.23. The van der Waals surface area contributed by atoms with Crippen molar-refractivity contribution in [1.82, 2.24) is 25.5 Å². The number of aromatic nitrogens is 4. The van der Waals surface area contributed by atoms with Crippen LogP contribution in [0.1, 0.15) is 38.1 Å². The van der Waals surface area contributed by atoms with E-state index in [-0.39, 0.29) is 17.2 Å². The molecule has 8 heteroatoms. The van der Waals surface area contributed by atoms with Gasteiger partial charge in [-0.05, 0) is 36.1 Å². The van der Waals surface area contributed by atoms with E-state index in [0.29, 0.717) is 0 Å². The zero-order valence-corrected chi connectivity index (χ0v) is 12.1. The summed E-state index contributed by atoms with van der Waals surface area (Å²) >= 11 is 1.49. The number of amides is 1. The van der Waals surface area contributed by atoms with Crippen molar-refractivity contribution in [1.29, 1.82) is 0 Å². The Morgan fingerprint density at radius 2 is 2.10 bits per heavy atom. The van der Waals surface area contributed by atoms with Gasteiger partial charge >= 0.3 is 0 Å². The summed E-state index contributed by atoms with van der Waals surface area (Å²) in [6.45, 7) is 2.28. The minimum atomic E-state index is -0.0814. The molecule has 0 aromatic carbocycles. The number of tetrazole rings is 1. The van der Waals surface area contributed by atoms with Crippen LogP contribution in [0.25, 0.3) is 0 Å². The highest BCUT2D eigenvalue weighted by Crippen LogP contribution is 2.30. The number of nitrogens with zero attached hydrogens (tertiary/aromatic N) is 4. The molecule has 1 aromatic heterocycles. The zero-order valence-electron chi connectivity index (χ0n) is 11.3. The fourth-order valence-electron chi connectivity index (χ4n) is 2.57. The van der Waals surface area contributed by atoms with Crippen molar-refractivity contribution in [2.45, 2.75) is 48.6 Å². The summed E-state index contributed by atoms with van der Waals surface area (Å²) in [5.74, 6) is 0.106. The second-order valence-electron chi connectivity index (χ2n) is 5.14. The van der Waals surface area contributed by atoms with Crippen molar-refractivity contribution < 1.29 is 9.53 Å². The smallest absolute Gasteiger partial charge is 0.233 e. The molecule has 3 heterocycles. The molecule has 0 spiro atoms. The molecule has 2 saturated heterocycles. The molecule has 2 fully saturated rings. The van der Waals surface area contributed by atoms with E-state index in [9.17, 15) is 4.79 Å². The van der Waals surface area contributed by atoms with Crippen LogP contribution >= 0.6 is 11.8 Å². The van der Waals surface area contributed by atoms with E-state index < -0.39 is 0 Å². The Labute approximate surface area is 121 Å². The normalized spacial score (nSPS) is 25.2. The van der Waals surface area contributed by atoms with Crippen LogP contribution in [0, 0.1) is 0 Å². The van der Waals surface area contributed by atoms with E-state index in [1.54, 1.807) is 0 Å². The Morgan fingerprint density at radius 1 is 1.25 bits per heavy atom. The van der Waals surface area contributed by atoms with Gasteiger partial charge in [-0.3, -0.25) is 4.79 Å². The largest absolute Gasteiger partial charge is 0.381 e. The summed E-state index contributed by atoms with van der Waals surface area (Å²) in [5, 5.41) is 15.6. The van der Waals surface area contributed by atoms with Crippen LogP contribution in [0.4, 0.5) is 0 Å². The third-order valence-corrected chi connectivity index (χ3v) is 4.95. The molecule has 0 unspecified atom stereocenters. The Bertz CT molecular complexity index is 460. The number of hydrogen-bond donors (Lipinski definition) is 1. The van der Waals surface area contributed by atoms with E-state index in [1.807, 2.05) is 4.68 Å². The van der Waals surface area contributed by atoms with Crippen LogP contribution in [0.5, 0.6) is 0 Å². The molecule has 0 bridgehead atoms. The first-order valence-electron chi connectivity index (χ1n) is 7.14. The number of thioether (sulfide) groups is 1. The molecule has 1 atom stereocenters. The lowest BCUT2D eigenvalue weighted by Crippen LogP contribution is -2.31. The van der Waals surface area contributed by atoms with Gasteiger partial charge in [0.25, 0.3) is 0 Å². The quantitative estimate of drug-likeness (QED) is 0.888. The fraction of sp³-hybridized carbons (Fsp3) is 0.833. The number of nitrogens with one attached hydrogen (secondary N) is 1. The summed E-state index contributed by atoms with van der Waals surface area (Å²) in [5.41, 5.74) is 0. The molecule has 3 rings (SSSR count). The number of rotatable bonds is 3. The SMILES string of the molecule is O=C1NCCCC[C@@H]1Sc1nnnn1C1CCOCC1. The summed E-state index contributed by atoms with van der Waals surface area (Å²) in [7, 11) is 0. The average molecular weight is 297 g/mol. The maximum Gasteiger partial charge on any atom is 0.233 e. The maximum atomic E-state index is 12.0. The van der Waals surface area contributed by atoms with Crippen molar-refractivity contribution in [2.75, 3.05) is 19.8 Å². The predicted molar refractivity (Wildman–Crippen MR) is 73.4 cm³/mol. The highest BCUT2D eigenvalue weighted by molar-refractivity contribution is 8.00. The second kappa shape index (κ2) is 6.53. The monoisotopic (exact) mass is 297 g/mol. The molecule has 7 nitrogen and oxygen atoms in total. The second-order valence-corrected chi connectivity index (χ2v) is 6.31. The Morgan fingerprint density at radius 3 is 2.95 bits per heavy atom. The standard InChI is InChI=1S/C12H19N5O2S/c18-11-10(3-1-2-6-13-11)20-12-14-15-16-17(12)9-4-7-19-8-5-9/h9-10H,1-8H2,(H,13,18)/t10-/m0/s1. The van der Waals surface area contributed by atoms with E-state index in [0.717, 1.165) is 57.0 Å². The van der Waals surface area contributed by atoms with Crippen LogP contribution in [0.3, 0.4) is 0 Å². The molecule has 0 saturated carbocycles. The Balaban J connectivity index is 1.70. The maximum absolute atomic E-state index is 12.0. The van der Waals surface area contributed by atoms with Crippen LogP contribution in [-0.2, 0) is 9.53 Å². The molecule has 2 aliphatic heterocycles. The number of hydrogen-bond acceptors (Lipinski definition) is 6. The number of carbonyl (C=O) groups is 1. The van der Waals surface area contributed by atoms with Crippen LogP contribution in [0.15, 0.2) is 5.16 Å². The Kier molecular flexibility index (Phi) is 4.51. The zero-order chi connectivity index (χ0) is 13.8. The first kappa shape index (κ1) is 13.8. The molecule has 1 aromatic rings. The van der Waals surface area contributed by atoms with Gasteiger partial charge in [0.15, 0.2) is 0 Å². The van der Waals surface area contributed by atoms with E-state index >= 15 is 0 Å². The number of ether oxygens (including phenoxy) is 1. The molecule has 20 heavy (non-hydrogen) atoms. The molecule has 110 valence electrons. The van der Waals surface area contributed by atoms with E-state index in [4.69, 9.17) is 4.74 Å². The van der Waals surface area contributed by atoms with Gasteiger partial charge in [-0.25, -0.2) is 4.68 Å². The average Bonchev–Trinajstić information content (AvgIpc) is 2.85. The molecule has 2 aliphatic rings. The lowest BCUT2D eigenvalue weighted by atomic mass is 10.1. The predicted octanol–water partition coefficient (Wildman–Crippen LogP) is 0.785. The molecule has 0 aliphatic carbocycles.